The minimum Gasteiger partial charge on any atom is -0.478 e. The zero-order chi connectivity index (χ0) is 12.0. The monoisotopic (exact) mass is 219 g/mol. The Morgan fingerprint density at radius 1 is 1.62 bits per heavy atom. The molecule has 0 aliphatic heterocycles. The molecule has 3 nitrogen and oxygen atoms in total. The molecular weight excluding hydrogens is 202 g/mol. The quantitative estimate of drug-likeness (QED) is 0.722. The Kier molecular flexibility index (Phi) is 4.58. The maximum atomic E-state index is 10.8. The molecule has 1 aromatic rings. The highest BCUT2D eigenvalue weighted by Crippen LogP contribution is 2.13. The summed E-state index contributed by atoms with van der Waals surface area (Å²) in [7, 11) is 0. The van der Waals surface area contributed by atoms with Gasteiger partial charge in [0.2, 0.25) is 0 Å². The van der Waals surface area contributed by atoms with Gasteiger partial charge in [-0.25, -0.2) is 4.79 Å². The van der Waals surface area contributed by atoms with Crippen molar-refractivity contribution in [1.82, 2.24) is 0 Å². The lowest BCUT2D eigenvalue weighted by Crippen LogP contribution is -2.14. The van der Waals surface area contributed by atoms with E-state index in [0.29, 0.717) is 11.6 Å². The molecule has 0 radical (unpaired) electrons. The number of carboxylic acids is 1. The van der Waals surface area contributed by atoms with Gasteiger partial charge in [-0.3, -0.25) is 0 Å². The number of rotatable bonds is 6. The van der Waals surface area contributed by atoms with Crippen LogP contribution in [0.4, 0.5) is 5.69 Å². The second-order valence-corrected chi connectivity index (χ2v) is 3.80. The summed E-state index contributed by atoms with van der Waals surface area (Å²) in [6, 6.07) is 7.15. The third-order valence-corrected chi connectivity index (χ3v) is 2.33. The van der Waals surface area contributed by atoms with Crippen LogP contribution in [0.1, 0.15) is 30.1 Å². The third kappa shape index (κ3) is 3.77. The molecule has 0 heterocycles. The molecule has 3 heteroatoms. The Morgan fingerprint density at radius 2 is 2.38 bits per heavy atom. The van der Waals surface area contributed by atoms with E-state index in [-0.39, 0.29) is 0 Å². The standard InChI is InChI=1S/C13H17NO2/c1-3-4-6-10(2)14-12-8-5-7-11(9-12)13(15)16/h3,5,7-10,14H,1,4,6H2,2H3,(H,15,16). The summed E-state index contributed by atoms with van der Waals surface area (Å²) in [5.74, 6) is -0.901. The van der Waals surface area contributed by atoms with Crippen molar-refractivity contribution >= 4 is 11.7 Å². The predicted octanol–water partition coefficient (Wildman–Crippen LogP) is 3.15. The van der Waals surface area contributed by atoms with E-state index in [2.05, 4.69) is 18.8 Å². The number of benzene rings is 1. The minimum absolute atomic E-state index is 0.306. The highest BCUT2D eigenvalue weighted by Gasteiger charge is 2.05. The number of hydrogen-bond donors (Lipinski definition) is 2. The fourth-order valence-corrected chi connectivity index (χ4v) is 1.47. The Hall–Kier alpha value is -1.77. The van der Waals surface area contributed by atoms with Crippen LogP contribution in [0.3, 0.4) is 0 Å². The number of nitrogens with one attached hydrogen (secondary N) is 1. The maximum absolute atomic E-state index is 10.8. The van der Waals surface area contributed by atoms with Gasteiger partial charge in [0.1, 0.15) is 0 Å². The van der Waals surface area contributed by atoms with Gasteiger partial charge in [-0.2, -0.15) is 0 Å². The topological polar surface area (TPSA) is 49.3 Å². The van der Waals surface area contributed by atoms with Crippen molar-refractivity contribution in [2.45, 2.75) is 25.8 Å². The van der Waals surface area contributed by atoms with Crippen molar-refractivity contribution in [2.75, 3.05) is 5.32 Å². The van der Waals surface area contributed by atoms with Gasteiger partial charge in [-0.15, -0.1) is 6.58 Å². The predicted molar refractivity (Wildman–Crippen MR) is 65.9 cm³/mol. The van der Waals surface area contributed by atoms with Crippen LogP contribution in [0.15, 0.2) is 36.9 Å². The normalized spacial score (nSPS) is 11.8. The van der Waals surface area contributed by atoms with Crippen molar-refractivity contribution < 1.29 is 9.90 Å². The summed E-state index contributed by atoms with van der Waals surface area (Å²) in [4.78, 5) is 10.8. The average molecular weight is 219 g/mol. The summed E-state index contributed by atoms with van der Waals surface area (Å²) < 4.78 is 0. The Labute approximate surface area is 95.8 Å². The first-order chi connectivity index (χ1) is 7.63. The van der Waals surface area contributed by atoms with Gasteiger partial charge in [0.25, 0.3) is 0 Å². The number of anilines is 1. The molecular formula is C13H17NO2. The highest BCUT2D eigenvalue weighted by molar-refractivity contribution is 5.88. The molecule has 0 spiro atoms. The van der Waals surface area contributed by atoms with E-state index < -0.39 is 5.97 Å². The van der Waals surface area contributed by atoms with Crippen molar-refractivity contribution in [3.05, 3.63) is 42.5 Å². The smallest absolute Gasteiger partial charge is 0.335 e. The van der Waals surface area contributed by atoms with E-state index in [1.54, 1.807) is 18.2 Å². The Balaban J connectivity index is 2.62. The van der Waals surface area contributed by atoms with Crippen LogP contribution >= 0.6 is 0 Å². The molecule has 0 bridgehead atoms. The minimum atomic E-state index is -0.901. The molecule has 16 heavy (non-hydrogen) atoms. The van der Waals surface area contributed by atoms with Crippen molar-refractivity contribution in [3.63, 3.8) is 0 Å². The van der Waals surface area contributed by atoms with Gasteiger partial charge in [0, 0.05) is 11.7 Å². The Bertz CT molecular complexity index is 374. The zero-order valence-electron chi connectivity index (χ0n) is 9.44. The first kappa shape index (κ1) is 12.3. The average Bonchev–Trinajstić information content (AvgIpc) is 2.26. The molecule has 2 N–H and O–H groups in total. The molecule has 0 saturated heterocycles. The van der Waals surface area contributed by atoms with Crippen LogP contribution in [0.2, 0.25) is 0 Å². The first-order valence-corrected chi connectivity index (χ1v) is 5.34. The van der Waals surface area contributed by atoms with Gasteiger partial charge in [-0.1, -0.05) is 12.1 Å². The molecule has 1 aromatic carbocycles. The van der Waals surface area contributed by atoms with Gasteiger partial charge in [0.15, 0.2) is 0 Å². The van der Waals surface area contributed by atoms with Crippen LogP contribution in [0.5, 0.6) is 0 Å². The number of aromatic carboxylic acids is 1. The van der Waals surface area contributed by atoms with Gasteiger partial charge in [-0.05, 0) is 38.0 Å². The lowest BCUT2D eigenvalue weighted by molar-refractivity contribution is 0.0697. The fraction of sp³-hybridized carbons (Fsp3) is 0.308. The zero-order valence-corrected chi connectivity index (χ0v) is 9.44. The van der Waals surface area contributed by atoms with E-state index in [4.69, 9.17) is 5.11 Å². The fourth-order valence-electron chi connectivity index (χ4n) is 1.47. The van der Waals surface area contributed by atoms with Crippen LogP contribution < -0.4 is 5.32 Å². The molecule has 1 unspecified atom stereocenters. The number of allylic oxidation sites excluding steroid dienone is 1. The molecule has 0 aliphatic rings. The lowest BCUT2D eigenvalue weighted by Gasteiger charge is -2.14. The molecule has 0 fully saturated rings. The molecule has 1 rings (SSSR count). The van der Waals surface area contributed by atoms with Crippen molar-refractivity contribution in [3.8, 4) is 0 Å². The van der Waals surface area contributed by atoms with Crippen LogP contribution in [-0.2, 0) is 0 Å². The molecule has 86 valence electrons. The van der Waals surface area contributed by atoms with E-state index in [0.717, 1.165) is 18.5 Å². The second-order valence-electron chi connectivity index (χ2n) is 3.80. The second kappa shape index (κ2) is 5.95. The first-order valence-electron chi connectivity index (χ1n) is 5.34. The molecule has 0 aliphatic carbocycles. The number of carbonyl (C=O) groups is 1. The number of carboxylic acid groups (broad SMARTS) is 1. The molecule has 0 aromatic heterocycles. The summed E-state index contributed by atoms with van der Waals surface area (Å²) in [6.07, 6.45) is 3.82. The maximum Gasteiger partial charge on any atom is 0.335 e. The largest absolute Gasteiger partial charge is 0.478 e. The SMILES string of the molecule is C=CCCC(C)Nc1cccc(C(=O)O)c1. The summed E-state index contributed by atoms with van der Waals surface area (Å²) >= 11 is 0. The molecule has 0 saturated carbocycles. The molecule has 1 atom stereocenters. The van der Waals surface area contributed by atoms with Crippen molar-refractivity contribution in [2.24, 2.45) is 0 Å². The Morgan fingerprint density at radius 3 is 3.00 bits per heavy atom. The van der Waals surface area contributed by atoms with E-state index in [1.165, 1.54) is 0 Å². The van der Waals surface area contributed by atoms with E-state index in [1.807, 2.05) is 12.1 Å². The van der Waals surface area contributed by atoms with E-state index >= 15 is 0 Å². The van der Waals surface area contributed by atoms with Crippen LogP contribution in [0.25, 0.3) is 0 Å². The summed E-state index contributed by atoms with van der Waals surface area (Å²) in [5.41, 5.74) is 1.15. The summed E-state index contributed by atoms with van der Waals surface area (Å²) in [5, 5.41) is 12.1. The lowest BCUT2D eigenvalue weighted by atomic mass is 10.1. The van der Waals surface area contributed by atoms with Crippen molar-refractivity contribution in [1.29, 1.82) is 0 Å². The number of hydrogen-bond acceptors (Lipinski definition) is 2. The summed E-state index contributed by atoms with van der Waals surface area (Å²) in [6.45, 7) is 5.74. The van der Waals surface area contributed by atoms with Crippen LogP contribution in [0, 0.1) is 0 Å². The van der Waals surface area contributed by atoms with Gasteiger partial charge >= 0.3 is 5.97 Å². The third-order valence-electron chi connectivity index (χ3n) is 2.33. The van der Waals surface area contributed by atoms with Gasteiger partial charge in [0.05, 0.1) is 5.56 Å². The van der Waals surface area contributed by atoms with Gasteiger partial charge < -0.3 is 10.4 Å². The molecule has 0 amide bonds. The van der Waals surface area contributed by atoms with E-state index in [9.17, 15) is 4.79 Å². The highest BCUT2D eigenvalue weighted by atomic mass is 16.4. The van der Waals surface area contributed by atoms with Crippen LogP contribution in [-0.4, -0.2) is 17.1 Å².